The lowest BCUT2D eigenvalue weighted by molar-refractivity contribution is 0.549. The molecule has 148 valence electrons. The summed E-state index contributed by atoms with van der Waals surface area (Å²) in [6.45, 7) is 2.12. The first-order valence-electron chi connectivity index (χ1n) is 10.0. The number of hydrogen-bond acceptors (Lipinski definition) is 2. The van der Waals surface area contributed by atoms with Crippen LogP contribution in [-0.2, 0) is 0 Å². The quantitative estimate of drug-likeness (QED) is 0.459. The topological polar surface area (TPSA) is 33.1 Å². The molecule has 4 aromatic rings. The molecule has 0 bridgehead atoms. The minimum Gasteiger partial charge on any atom is -0.351 e. The van der Waals surface area contributed by atoms with E-state index in [-0.39, 0.29) is 12.1 Å². The van der Waals surface area contributed by atoms with Crippen LogP contribution in [0.2, 0.25) is 0 Å². The van der Waals surface area contributed by atoms with Gasteiger partial charge in [0.1, 0.15) is 6.04 Å². The maximum absolute atomic E-state index is 5.81. The third-order valence-corrected chi connectivity index (χ3v) is 5.81. The van der Waals surface area contributed by atoms with E-state index in [0.29, 0.717) is 5.11 Å². The SMILES string of the molecule is Cc1cccc(-n2cccc2C2C(c3ccccn3)NC(=S)N2c2ccccc2)c1. The number of aryl methyl sites for hydroxylation is 1. The number of para-hydroxylation sites is 1. The molecule has 0 radical (unpaired) electrons. The number of pyridine rings is 1. The summed E-state index contributed by atoms with van der Waals surface area (Å²) in [5.41, 5.74) is 5.57. The number of nitrogens with one attached hydrogen (secondary N) is 1. The van der Waals surface area contributed by atoms with Crippen LogP contribution in [0.3, 0.4) is 0 Å². The maximum atomic E-state index is 5.81. The lowest BCUT2D eigenvalue weighted by atomic mass is 10.0. The van der Waals surface area contributed by atoms with Crippen molar-refractivity contribution >= 4 is 23.0 Å². The van der Waals surface area contributed by atoms with Crippen molar-refractivity contribution in [3.05, 3.63) is 114 Å². The minimum atomic E-state index is -0.0580. The Bertz CT molecular complexity index is 1170. The molecule has 3 heterocycles. The summed E-state index contributed by atoms with van der Waals surface area (Å²) in [6, 6.07) is 29.1. The van der Waals surface area contributed by atoms with E-state index in [1.54, 1.807) is 0 Å². The second-order valence-electron chi connectivity index (χ2n) is 7.47. The Hall–Kier alpha value is -3.44. The van der Waals surface area contributed by atoms with E-state index in [0.717, 1.165) is 22.8 Å². The molecule has 0 saturated carbocycles. The minimum absolute atomic E-state index is 0.0367. The molecule has 0 aliphatic carbocycles. The predicted molar refractivity (Wildman–Crippen MR) is 125 cm³/mol. The monoisotopic (exact) mass is 410 g/mol. The Morgan fingerprint density at radius 3 is 2.43 bits per heavy atom. The van der Waals surface area contributed by atoms with Crippen molar-refractivity contribution in [2.45, 2.75) is 19.0 Å². The van der Waals surface area contributed by atoms with E-state index in [1.807, 2.05) is 36.5 Å². The van der Waals surface area contributed by atoms with Crippen LogP contribution in [0.4, 0.5) is 5.69 Å². The van der Waals surface area contributed by atoms with E-state index >= 15 is 0 Å². The third kappa shape index (κ3) is 3.27. The van der Waals surface area contributed by atoms with Gasteiger partial charge in [-0.3, -0.25) is 4.98 Å². The molecule has 5 heteroatoms. The predicted octanol–water partition coefficient (Wildman–Crippen LogP) is 5.36. The Labute approximate surface area is 181 Å². The number of benzene rings is 2. The van der Waals surface area contributed by atoms with Gasteiger partial charge in [-0.15, -0.1) is 0 Å². The zero-order valence-electron chi connectivity index (χ0n) is 16.6. The molecular formula is C25H22N4S. The molecule has 1 aliphatic heterocycles. The summed E-state index contributed by atoms with van der Waals surface area (Å²) in [7, 11) is 0. The highest BCUT2D eigenvalue weighted by atomic mass is 32.1. The molecule has 30 heavy (non-hydrogen) atoms. The summed E-state index contributed by atoms with van der Waals surface area (Å²) < 4.78 is 2.25. The van der Waals surface area contributed by atoms with Crippen LogP contribution in [-0.4, -0.2) is 14.7 Å². The maximum Gasteiger partial charge on any atom is 0.174 e. The van der Waals surface area contributed by atoms with Gasteiger partial charge < -0.3 is 14.8 Å². The largest absolute Gasteiger partial charge is 0.351 e. The molecule has 1 fully saturated rings. The lowest BCUT2D eigenvalue weighted by Crippen LogP contribution is -2.30. The van der Waals surface area contributed by atoms with Crippen molar-refractivity contribution in [1.29, 1.82) is 0 Å². The Kier molecular flexibility index (Phi) is 4.81. The first-order valence-corrected chi connectivity index (χ1v) is 10.4. The summed E-state index contributed by atoms with van der Waals surface area (Å²) in [4.78, 5) is 6.85. The van der Waals surface area contributed by atoms with E-state index in [2.05, 4.69) is 87.5 Å². The first-order chi connectivity index (χ1) is 14.7. The fourth-order valence-corrected chi connectivity index (χ4v) is 4.52. The summed E-state index contributed by atoms with van der Waals surface area (Å²) in [5.74, 6) is 0. The average molecular weight is 411 g/mol. The molecule has 2 unspecified atom stereocenters. The molecule has 0 spiro atoms. The molecular weight excluding hydrogens is 388 g/mol. The van der Waals surface area contributed by atoms with Crippen LogP contribution in [0.15, 0.2) is 97.3 Å². The van der Waals surface area contributed by atoms with Gasteiger partial charge in [0.2, 0.25) is 0 Å². The van der Waals surface area contributed by atoms with Crippen molar-refractivity contribution in [3.8, 4) is 5.69 Å². The Morgan fingerprint density at radius 2 is 1.67 bits per heavy atom. The van der Waals surface area contributed by atoms with Crippen LogP contribution in [0.25, 0.3) is 5.69 Å². The van der Waals surface area contributed by atoms with Gasteiger partial charge in [0.25, 0.3) is 0 Å². The zero-order valence-corrected chi connectivity index (χ0v) is 17.5. The first kappa shape index (κ1) is 18.6. The number of rotatable bonds is 4. The fraction of sp³-hybridized carbons (Fsp3) is 0.120. The number of nitrogens with zero attached hydrogens (tertiary/aromatic N) is 3. The molecule has 1 N–H and O–H groups in total. The normalized spacial score (nSPS) is 18.4. The van der Waals surface area contributed by atoms with Crippen LogP contribution >= 0.6 is 12.2 Å². The molecule has 1 saturated heterocycles. The number of thiocarbonyl (C=S) groups is 1. The molecule has 1 aliphatic rings. The van der Waals surface area contributed by atoms with E-state index in [9.17, 15) is 0 Å². The number of aromatic nitrogens is 2. The van der Waals surface area contributed by atoms with Crippen LogP contribution in [0.5, 0.6) is 0 Å². The second-order valence-corrected chi connectivity index (χ2v) is 7.86. The zero-order chi connectivity index (χ0) is 20.5. The summed E-state index contributed by atoms with van der Waals surface area (Å²) >= 11 is 5.81. The second kappa shape index (κ2) is 7.76. The van der Waals surface area contributed by atoms with Crippen molar-refractivity contribution in [2.75, 3.05) is 4.90 Å². The van der Waals surface area contributed by atoms with Gasteiger partial charge in [0.05, 0.1) is 11.7 Å². The van der Waals surface area contributed by atoms with Gasteiger partial charge in [-0.05, 0) is 73.2 Å². The lowest BCUT2D eigenvalue weighted by Gasteiger charge is -2.29. The molecule has 2 aromatic heterocycles. The van der Waals surface area contributed by atoms with Crippen molar-refractivity contribution < 1.29 is 0 Å². The van der Waals surface area contributed by atoms with Gasteiger partial charge in [0, 0.05) is 29.5 Å². The standard InChI is InChI=1S/C25H22N4S/c1-18-9-7-12-20(17-18)28-16-8-14-22(28)24-23(21-13-5-6-15-26-21)27-25(30)29(24)19-10-3-2-4-11-19/h2-17,23-24H,1H3,(H,27,30). The van der Waals surface area contributed by atoms with E-state index in [1.165, 1.54) is 5.56 Å². The van der Waals surface area contributed by atoms with Gasteiger partial charge in [0.15, 0.2) is 5.11 Å². The Balaban J connectivity index is 1.67. The van der Waals surface area contributed by atoms with Gasteiger partial charge in [-0.1, -0.05) is 36.4 Å². The summed E-state index contributed by atoms with van der Waals surface area (Å²) in [6.07, 6.45) is 3.95. The smallest absolute Gasteiger partial charge is 0.174 e. The highest BCUT2D eigenvalue weighted by molar-refractivity contribution is 7.80. The molecule has 5 rings (SSSR count). The van der Waals surface area contributed by atoms with Crippen molar-refractivity contribution in [1.82, 2.24) is 14.9 Å². The van der Waals surface area contributed by atoms with Crippen LogP contribution in [0.1, 0.15) is 29.0 Å². The van der Waals surface area contributed by atoms with Gasteiger partial charge >= 0.3 is 0 Å². The Morgan fingerprint density at radius 1 is 0.867 bits per heavy atom. The van der Waals surface area contributed by atoms with Crippen LogP contribution < -0.4 is 10.2 Å². The van der Waals surface area contributed by atoms with Gasteiger partial charge in [-0.2, -0.15) is 0 Å². The highest BCUT2D eigenvalue weighted by Crippen LogP contribution is 2.42. The van der Waals surface area contributed by atoms with Crippen molar-refractivity contribution in [3.63, 3.8) is 0 Å². The summed E-state index contributed by atoms with van der Waals surface area (Å²) in [5, 5.41) is 4.24. The highest BCUT2D eigenvalue weighted by Gasteiger charge is 2.42. The van der Waals surface area contributed by atoms with Crippen molar-refractivity contribution in [2.24, 2.45) is 0 Å². The number of anilines is 1. The molecule has 2 atom stereocenters. The van der Waals surface area contributed by atoms with Crippen LogP contribution in [0, 0.1) is 6.92 Å². The molecule has 2 aromatic carbocycles. The number of hydrogen-bond donors (Lipinski definition) is 1. The molecule has 0 amide bonds. The average Bonchev–Trinajstić information content (AvgIpc) is 3.39. The third-order valence-electron chi connectivity index (χ3n) is 5.50. The molecule has 4 nitrogen and oxygen atoms in total. The fourth-order valence-electron chi connectivity index (χ4n) is 4.17. The van der Waals surface area contributed by atoms with Gasteiger partial charge in [-0.25, -0.2) is 0 Å². The van der Waals surface area contributed by atoms with E-state index < -0.39 is 0 Å². The van der Waals surface area contributed by atoms with E-state index in [4.69, 9.17) is 12.2 Å².